The van der Waals surface area contributed by atoms with Crippen molar-refractivity contribution in [2.75, 3.05) is 20.1 Å². The molecular formula is C19H20N6O2S. The molecule has 0 aromatic carbocycles. The van der Waals surface area contributed by atoms with E-state index in [9.17, 15) is 9.59 Å². The average molecular weight is 396 g/mol. The molecule has 4 heterocycles. The summed E-state index contributed by atoms with van der Waals surface area (Å²) in [6.07, 6.45) is 8.56. The molecule has 0 atom stereocenters. The normalized spacial score (nSPS) is 14.2. The maximum absolute atomic E-state index is 12.6. The van der Waals surface area contributed by atoms with Crippen LogP contribution in [0.25, 0.3) is 15.8 Å². The maximum Gasteiger partial charge on any atom is 0.261 e. The Kier molecular flexibility index (Phi) is 5.16. The van der Waals surface area contributed by atoms with E-state index in [4.69, 9.17) is 0 Å². The standard InChI is InChI=1S/C19H20N6O2S/c1-20-18(27)16-10-14-9-15(11-21-19(14)28-16)13-3-2-6-24(12-13)17(26)4-7-25-8-5-22-23-25/h3,5,8-11H,2,4,6-7,12H2,1H3,(H,20,27). The fourth-order valence-electron chi connectivity index (χ4n) is 3.23. The van der Waals surface area contributed by atoms with Gasteiger partial charge in [0, 0.05) is 44.3 Å². The number of carbonyl (C=O) groups excluding carboxylic acids is 2. The smallest absolute Gasteiger partial charge is 0.261 e. The minimum absolute atomic E-state index is 0.104. The minimum Gasteiger partial charge on any atom is -0.354 e. The van der Waals surface area contributed by atoms with Crippen molar-refractivity contribution in [3.8, 4) is 0 Å². The highest BCUT2D eigenvalue weighted by molar-refractivity contribution is 7.20. The number of amides is 2. The summed E-state index contributed by atoms with van der Waals surface area (Å²) in [5, 5.41) is 11.2. The zero-order valence-electron chi connectivity index (χ0n) is 15.5. The molecule has 0 saturated heterocycles. The molecular weight excluding hydrogens is 376 g/mol. The van der Waals surface area contributed by atoms with E-state index >= 15 is 0 Å². The molecule has 9 heteroatoms. The molecule has 0 saturated carbocycles. The summed E-state index contributed by atoms with van der Waals surface area (Å²) in [5.74, 6) is -0.00170. The number of nitrogens with one attached hydrogen (secondary N) is 1. The Bertz CT molecular complexity index is 1040. The predicted octanol–water partition coefficient (Wildman–Crippen LogP) is 1.95. The summed E-state index contributed by atoms with van der Waals surface area (Å²) in [5.41, 5.74) is 2.07. The maximum atomic E-state index is 12.6. The van der Waals surface area contributed by atoms with Crippen molar-refractivity contribution in [1.29, 1.82) is 0 Å². The van der Waals surface area contributed by atoms with Crippen LogP contribution in [-0.4, -0.2) is 56.8 Å². The van der Waals surface area contributed by atoms with E-state index < -0.39 is 0 Å². The van der Waals surface area contributed by atoms with Crippen molar-refractivity contribution in [2.45, 2.75) is 19.4 Å². The van der Waals surface area contributed by atoms with Crippen molar-refractivity contribution >= 4 is 38.9 Å². The second-order valence-corrected chi connectivity index (χ2v) is 7.59. The van der Waals surface area contributed by atoms with Gasteiger partial charge in [0.15, 0.2) is 0 Å². The fraction of sp³-hybridized carbons (Fsp3) is 0.316. The van der Waals surface area contributed by atoms with E-state index in [1.165, 1.54) is 11.3 Å². The molecule has 4 rings (SSSR count). The number of thiophene rings is 1. The van der Waals surface area contributed by atoms with Crippen LogP contribution in [0.2, 0.25) is 0 Å². The van der Waals surface area contributed by atoms with E-state index in [0.29, 0.717) is 30.9 Å². The third-order valence-corrected chi connectivity index (χ3v) is 5.78. The lowest BCUT2D eigenvalue weighted by atomic mass is 10.0. The number of hydrogen-bond donors (Lipinski definition) is 1. The van der Waals surface area contributed by atoms with Gasteiger partial charge in [0.2, 0.25) is 5.91 Å². The van der Waals surface area contributed by atoms with Gasteiger partial charge in [0.25, 0.3) is 5.91 Å². The van der Waals surface area contributed by atoms with Crippen molar-refractivity contribution in [3.05, 3.63) is 47.2 Å². The highest BCUT2D eigenvalue weighted by Crippen LogP contribution is 2.28. The molecule has 0 bridgehead atoms. The third kappa shape index (κ3) is 3.79. The van der Waals surface area contributed by atoms with Crippen LogP contribution in [0.3, 0.4) is 0 Å². The highest BCUT2D eigenvalue weighted by atomic mass is 32.1. The summed E-state index contributed by atoms with van der Waals surface area (Å²) in [6, 6.07) is 3.90. The second-order valence-electron chi connectivity index (χ2n) is 6.56. The molecule has 0 spiro atoms. The van der Waals surface area contributed by atoms with Crippen LogP contribution in [-0.2, 0) is 11.3 Å². The Morgan fingerprint density at radius 1 is 1.32 bits per heavy atom. The Morgan fingerprint density at radius 3 is 3.00 bits per heavy atom. The van der Waals surface area contributed by atoms with Crippen LogP contribution in [0.15, 0.2) is 36.8 Å². The number of nitrogens with zero attached hydrogens (tertiary/aromatic N) is 5. The summed E-state index contributed by atoms with van der Waals surface area (Å²) >= 11 is 1.38. The first-order valence-electron chi connectivity index (χ1n) is 9.07. The van der Waals surface area contributed by atoms with E-state index in [0.717, 1.165) is 27.8 Å². The topological polar surface area (TPSA) is 93.0 Å². The molecule has 0 fully saturated rings. The van der Waals surface area contributed by atoms with Gasteiger partial charge in [-0.3, -0.25) is 14.3 Å². The lowest BCUT2D eigenvalue weighted by molar-refractivity contribution is -0.131. The average Bonchev–Trinajstić information content (AvgIpc) is 3.40. The van der Waals surface area contributed by atoms with Crippen LogP contribution in [0.5, 0.6) is 0 Å². The number of fused-ring (bicyclic) bond motifs is 1. The van der Waals surface area contributed by atoms with Crippen LogP contribution in [0.1, 0.15) is 28.1 Å². The van der Waals surface area contributed by atoms with Gasteiger partial charge < -0.3 is 10.2 Å². The summed E-state index contributed by atoms with van der Waals surface area (Å²) in [6.45, 7) is 1.81. The first-order valence-corrected chi connectivity index (χ1v) is 9.88. The van der Waals surface area contributed by atoms with Gasteiger partial charge in [0.05, 0.1) is 17.6 Å². The molecule has 2 amide bonds. The molecule has 144 valence electrons. The van der Waals surface area contributed by atoms with E-state index in [2.05, 4.69) is 26.7 Å². The SMILES string of the molecule is CNC(=O)c1cc2cc(C3=CCCN(C(=O)CCn4ccnn4)C3)cnc2s1. The first-order chi connectivity index (χ1) is 13.6. The molecule has 8 nitrogen and oxygen atoms in total. The largest absolute Gasteiger partial charge is 0.354 e. The third-order valence-electron chi connectivity index (χ3n) is 4.72. The zero-order chi connectivity index (χ0) is 19.5. The Balaban J connectivity index is 1.47. The Morgan fingerprint density at radius 2 is 2.21 bits per heavy atom. The van der Waals surface area contributed by atoms with Gasteiger partial charge >= 0.3 is 0 Å². The van der Waals surface area contributed by atoms with Crippen LogP contribution >= 0.6 is 11.3 Å². The molecule has 1 aliphatic heterocycles. The quantitative estimate of drug-likeness (QED) is 0.712. The highest BCUT2D eigenvalue weighted by Gasteiger charge is 2.20. The van der Waals surface area contributed by atoms with Crippen molar-refractivity contribution in [3.63, 3.8) is 0 Å². The predicted molar refractivity (Wildman–Crippen MR) is 107 cm³/mol. The van der Waals surface area contributed by atoms with E-state index in [1.54, 1.807) is 24.1 Å². The van der Waals surface area contributed by atoms with E-state index in [-0.39, 0.29) is 11.8 Å². The van der Waals surface area contributed by atoms with Gasteiger partial charge in [-0.2, -0.15) is 0 Å². The van der Waals surface area contributed by atoms with Crippen molar-refractivity contribution in [1.82, 2.24) is 30.2 Å². The second kappa shape index (κ2) is 7.89. The summed E-state index contributed by atoms with van der Waals surface area (Å²) in [4.78, 5) is 32.3. The first kappa shape index (κ1) is 18.3. The summed E-state index contributed by atoms with van der Waals surface area (Å²) < 4.78 is 1.66. The van der Waals surface area contributed by atoms with Gasteiger partial charge in [0.1, 0.15) is 4.83 Å². The van der Waals surface area contributed by atoms with Crippen molar-refractivity contribution < 1.29 is 9.59 Å². The summed E-state index contributed by atoms with van der Waals surface area (Å²) in [7, 11) is 1.62. The van der Waals surface area contributed by atoms with Crippen LogP contribution in [0, 0.1) is 0 Å². The molecule has 1 N–H and O–H groups in total. The molecule has 0 unspecified atom stereocenters. The Hall–Kier alpha value is -3.07. The van der Waals surface area contributed by atoms with Crippen LogP contribution in [0.4, 0.5) is 0 Å². The molecule has 0 radical (unpaired) electrons. The molecule has 1 aliphatic rings. The van der Waals surface area contributed by atoms with Gasteiger partial charge in [-0.25, -0.2) is 4.98 Å². The molecule has 3 aromatic heterocycles. The zero-order valence-corrected chi connectivity index (χ0v) is 16.3. The monoisotopic (exact) mass is 396 g/mol. The molecule has 0 aliphatic carbocycles. The number of aromatic nitrogens is 4. The number of pyridine rings is 1. The fourth-order valence-corrected chi connectivity index (χ4v) is 4.16. The van der Waals surface area contributed by atoms with Gasteiger partial charge in [-0.05, 0) is 29.7 Å². The Labute approximate surface area is 165 Å². The van der Waals surface area contributed by atoms with Gasteiger partial charge in [-0.1, -0.05) is 11.3 Å². The lowest BCUT2D eigenvalue weighted by Crippen LogP contribution is -2.36. The minimum atomic E-state index is -0.106. The number of rotatable bonds is 5. The number of hydrogen-bond acceptors (Lipinski definition) is 6. The van der Waals surface area contributed by atoms with E-state index in [1.807, 2.05) is 23.2 Å². The lowest BCUT2D eigenvalue weighted by Gasteiger charge is -2.27. The number of aryl methyl sites for hydroxylation is 1. The van der Waals surface area contributed by atoms with Crippen LogP contribution < -0.4 is 5.32 Å². The number of carbonyl (C=O) groups is 2. The molecule has 3 aromatic rings. The van der Waals surface area contributed by atoms with Crippen molar-refractivity contribution in [2.24, 2.45) is 0 Å². The molecule has 28 heavy (non-hydrogen) atoms. The van der Waals surface area contributed by atoms with Gasteiger partial charge in [-0.15, -0.1) is 16.4 Å².